The zero-order chi connectivity index (χ0) is 50.4. The Balaban J connectivity index is 1.22. The van der Waals surface area contributed by atoms with E-state index < -0.39 is 35.4 Å². The first kappa shape index (κ1) is 51.8. The summed E-state index contributed by atoms with van der Waals surface area (Å²) in [6, 6.07) is 16.0. The van der Waals surface area contributed by atoms with Crippen molar-refractivity contribution >= 4 is 40.5 Å². The molecule has 15 heteroatoms. The number of methoxy groups -OCH3 is 1. The largest absolute Gasteiger partial charge is 0.464 e. The standard InChI is InChI=1S/C55H72N8O7/c1-11-62-46-22-21-40-32-42(46)43(50(62)41-18-13-25-56-48(41)36(4)69-10)33-55(5,6)34-70-54(68)44-19-14-27-63(58-44)53(67)45(31-37-16-12-17-39(40)30-37)57-51(65)49(35(2)3)60(9)52(66)38-23-28-61(29-24-38)26-15-20-47(64)59(7)8/h12-13,16-18,21-22,25,30,32,35-36,38,44-45,49,58H,11,14,19,23-24,26-29,31,33-34H2,1-10H3,(H,57,65)/t36-,44-,45-,49-/m0/s1. The fraction of sp³-hybridized carbons (Fsp3) is 0.527. The molecular weight excluding hydrogens is 885 g/mol. The minimum absolute atomic E-state index is 0.125. The molecule has 4 aromatic rings. The van der Waals surface area contributed by atoms with E-state index in [1.807, 2.05) is 39.0 Å². The van der Waals surface area contributed by atoms with E-state index in [0.29, 0.717) is 64.8 Å². The topological polar surface area (TPSA) is 159 Å². The number of esters is 1. The lowest BCUT2D eigenvalue weighted by Crippen LogP contribution is -2.62. The van der Waals surface area contributed by atoms with Crippen molar-refractivity contribution in [2.24, 2.45) is 17.3 Å². The molecule has 3 aliphatic rings. The van der Waals surface area contributed by atoms with Gasteiger partial charge in [-0.25, -0.2) is 5.43 Å². The SMILES string of the molecule is CCn1c(-c2cccnc2[C@H](C)OC)c2c3cc(ccc31)-c1cccc(c1)C[C@H](NC(=O)[C@H](C(C)C)N(C)C(=O)C1CCN(CC#CC(=O)N(C)C)CC1)C(=O)N1CCC[C@H](N1)C(=O)OCC(C)(C)C2. The molecule has 6 bridgehead atoms. The second kappa shape index (κ2) is 22.3. The van der Waals surface area contributed by atoms with Crippen molar-refractivity contribution in [2.75, 3.05) is 61.0 Å². The van der Waals surface area contributed by atoms with Gasteiger partial charge in [0.2, 0.25) is 11.8 Å². The van der Waals surface area contributed by atoms with Crippen molar-refractivity contribution < 1.29 is 33.4 Å². The summed E-state index contributed by atoms with van der Waals surface area (Å²) >= 11 is 0. The Morgan fingerprint density at radius 3 is 2.43 bits per heavy atom. The molecule has 15 nitrogen and oxygen atoms in total. The van der Waals surface area contributed by atoms with Crippen LogP contribution in [0.1, 0.15) is 90.2 Å². The van der Waals surface area contributed by atoms with Crippen molar-refractivity contribution in [1.82, 2.24) is 40.0 Å². The number of amides is 4. The highest BCUT2D eigenvalue weighted by Crippen LogP contribution is 2.42. The van der Waals surface area contributed by atoms with Crippen molar-refractivity contribution in [3.8, 4) is 34.2 Å². The van der Waals surface area contributed by atoms with Gasteiger partial charge in [-0.2, -0.15) is 0 Å². The van der Waals surface area contributed by atoms with Crippen LogP contribution in [0.5, 0.6) is 0 Å². The maximum absolute atomic E-state index is 14.8. The summed E-state index contributed by atoms with van der Waals surface area (Å²) in [6.45, 7) is 15.1. The fourth-order valence-corrected chi connectivity index (χ4v) is 10.3. The Morgan fingerprint density at radius 1 is 0.986 bits per heavy atom. The summed E-state index contributed by atoms with van der Waals surface area (Å²) in [4.78, 5) is 79.4. The monoisotopic (exact) mass is 957 g/mol. The van der Waals surface area contributed by atoms with Crippen molar-refractivity contribution in [1.29, 1.82) is 0 Å². The molecule has 3 aliphatic heterocycles. The van der Waals surface area contributed by atoms with Gasteiger partial charge in [-0.3, -0.25) is 38.9 Å². The number of fused-ring (bicyclic) bond motifs is 6. The molecule has 2 aromatic heterocycles. The number of hydrogen-bond acceptors (Lipinski definition) is 10. The maximum atomic E-state index is 14.8. The smallest absolute Gasteiger partial charge is 0.324 e. The number of cyclic esters (lactones) is 1. The van der Waals surface area contributed by atoms with Gasteiger partial charge in [0.1, 0.15) is 18.1 Å². The van der Waals surface area contributed by atoms with Gasteiger partial charge in [0, 0.05) is 81.8 Å². The Morgan fingerprint density at radius 2 is 1.73 bits per heavy atom. The molecule has 2 N–H and O–H groups in total. The highest BCUT2D eigenvalue weighted by Gasteiger charge is 2.39. The quantitative estimate of drug-likeness (QED) is 0.142. The van der Waals surface area contributed by atoms with Gasteiger partial charge in [-0.05, 0) is 117 Å². The van der Waals surface area contributed by atoms with Gasteiger partial charge >= 0.3 is 5.97 Å². The summed E-state index contributed by atoms with van der Waals surface area (Å²) < 4.78 is 14.3. The number of ether oxygens (including phenoxy) is 2. The molecule has 70 heavy (non-hydrogen) atoms. The second-order valence-corrected chi connectivity index (χ2v) is 20.5. The average molecular weight is 957 g/mol. The number of carbonyl (C=O) groups excluding carboxylic acids is 5. The molecule has 0 saturated carbocycles. The maximum Gasteiger partial charge on any atom is 0.324 e. The zero-order valence-corrected chi connectivity index (χ0v) is 42.8. The van der Waals surface area contributed by atoms with E-state index in [-0.39, 0.29) is 48.7 Å². The third-order valence-electron chi connectivity index (χ3n) is 14.1. The molecule has 0 aliphatic carbocycles. The van der Waals surface area contributed by atoms with Crippen LogP contribution in [0.25, 0.3) is 33.3 Å². The van der Waals surface area contributed by atoms with Crippen LogP contribution in [-0.2, 0) is 52.8 Å². The molecule has 0 radical (unpaired) electrons. The fourth-order valence-electron chi connectivity index (χ4n) is 10.3. The number of carbonyl (C=O) groups is 5. The molecule has 4 atom stereocenters. The van der Waals surface area contributed by atoms with E-state index in [2.05, 4.69) is 89.2 Å². The van der Waals surface area contributed by atoms with Crippen LogP contribution in [0, 0.1) is 29.1 Å². The van der Waals surface area contributed by atoms with Crippen LogP contribution in [0.15, 0.2) is 60.8 Å². The Hall–Kier alpha value is -6.08. The van der Waals surface area contributed by atoms with E-state index in [9.17, 15) is 24.0 Å². The number of aryl methyl sites for hydroxylation is 1. The van der Waals surface area contributed by atoms with Crippen LogP contribution in [0.4, 0.5) is 0 Å². The van der Waals surface area contributed by atoms with Crippen molar-refractivity contribution in [3.63, 3.8) is 0 Å². The lowest BCUT2D eigenvalue weighted by atomic mass is 9.84. The molecule has 374 valence electrons. The molecular formula is C55H72N8O7. The lowest BCUT2D eigenvalue weighted by Gasteiger charge is -2.38. The first-order valence-corrected chi connectivity index (χ1v) is 24.9. The first-order chi connectivity index (χ1) is 33.4. The zero-order valence-electron chi connectivity index (χ0n) is 42.8. The van der Waals surface area contributed by atoms with E-state index in [1.54, 1.807) is 39.3 Å². The van der Waals surface area contributed by atoms with Gasteiger partial charge in [0.25, 0.3) is 11.8 Å². The van der Waals surface area contributed by atoms with Crippen LogP contribution >= 0.6 is 0 Å². The van der Waals surface area contributed by atoms with Gasteiger partial charge in [0.05, 0.1) is 30.6 Å². The number of hydrazine groups is 1. The molecule has 2 fully saturated rings. The van der Waals surface area contributed by atoms with Gasteiger partial charge in [-0.15, -0.1) is 0 Å². The number of aromatic nitrogens is 2. The average Bonchev–Trinajstić information content (AvgIpc) is 3.65. The van der Waals surface area contributed by atoms with E-state index >= 15 is 0 Å². The Kier molecular flexibility index (Phi) is 16.5. The third kappa shape index (κ3) is 11.6. The first-order valence-electron chi connectivity index (χ1n) is 24.9. The molecule has 5 heterocycles. The summed E-state index contributed by atoms with van der Waals surface area (Å²) in [6.07, 6.45) is 4.52. The van der Waals surface area contributed by atoms with Gasteiger partial charge in [0.15, 0.2) is 0 Å². The third-order valence-corrected chi connectivity index (χ3v) is 14.1. The number of likely N-dealkylation sites (tertiary alicyclic amines) is 1. The lowest BCUT2D eigenvalue weighted by molar-refractivity contribution is -0.155. The predicted molar refractivity (Wildman–Crippen MR) is 271 cm³/mol. The normalized spacial score (nSPS) is 19.9. The number of piperidine rings is 1. The number of likely N-dealkylation sites (N-methyl/N-ethyl adjacent to an activating group) is 1. The summed E-state index contributed by atoms with van der Waals surface area (Å²) in [7, 11) is 6.69. The number of pyridine rings is 1. The molecule has 0 unspecified atom stereocenters. The minimum Gasteiger partial charge on any atom is -0.464 e. The number of hydrogen-bond donors (Lipinski definition) is 2. The number of rotatable bonds is 10. The summed E-state index contributed by atoms with van der Waals surface area (Å²) in [5, 5.41) is 5.64. The molecule has 7 rings (SSSR count). The van der Waals surface area contributed by atoms with Crippen LogP contribution in [0.2, 0.25) is 0 Å². The Bertz CT molecular complexity index is 2640. The summed E-state index contributed by atoms with van der Waals surface area (Å²) in [5.41, 5.74) is 10.5. The molecule has 2 saturated heterocycles. The number of benzene rings is 2. The van der Waals surface area contributed by atoms with Crippen molar-refractivity contribution in [2.45, 2.75) is 111 Å². The summed E-state index contributed by atoms with van der Waals surface area (Å²) in [5.74, 6) is 3.40. The van der Waals surface area contributed by atoms with E-state index in [4.69, 9.17) is 14.5 Å². The van der Waals surface area contributed by atoms with E-state index in [1.165, 1.54) is 9.91 Å². The Labute approximate surface area is 413 Å². The minimum atomic E-state index is -1.03. The predicted octanol–water partition coefficient (Wildman–Crippen LogP) is 6.03. The highest BCUT2D eigenvalue weighted by molar-refractivity contribution is 5.96. The van der Waals surface area contributed by atoms with Gasteiger partial charge in [-0.1, -0.05) is 63.9 Å². The second-order valence-electron chi connectivity index (χ2n) is 20.5. The van der Waals surface area contributed by atoms with Gasteiger partial charge < -0.3 is 29.2 Å². The molecule has 2 aromatic carbocycles. The van der Waals surface area contributed by atoms with E-state index in [0.717, 1.165) is 50.1 Å². The molecule has 0 spiro atoms. The molecule has 4 amide bonds. The van der Waals surface area contributed by atoms with Crippen LogP contribution in [0.3, 0.4) is 0 Å². The van der Waals surface area contributed by atoms with Crippen LogP contribution in [-0.4, -0.2) is 138 Å². The van der Waals surface area contributed by atoms with Crippen molar-refractivity contribution in [3.05, 3.63) is 77.6 Å². The van der Waals surface area contributed by atoms with Crippen LogP contribution < -0.4 is 10.7 Å². The highest BCUT2D eigenvalue weighted by atomic mass is 16.5. The number of nitrogens with one attached hydrogen (secondary N) is 2. The number of nitrogens with zero attached hydrogens (tertiary/aromatic N) is 6.